The van der Waals surface area contributed by atoms with Crippen molar-refractivity contribution in [3.05, 3.63) is 53.7 Å². The molecule has 23 heavy (non-hydrogen) atoms. The van der Waals surface area contributed by atoms with E-state index in [1.807, 2.05) is 22.9 Å². The average Bonchev–Trinajstić information content (AvgIpc) is 3.04. The number of rotatable bonds is 4. The molecule has 1 fully saturated rings. The molecule has 3 aromatic rings. The molecule has 1 N–H and O–H groups in total. The van der Waals surface area contributed by atoms with Gasteiger partial charge in [-0.3, -0.25) is 4.68 Å². The molecule has 0 radical (unpaired) electrons. The summed E-state index contributed by atoms with van der Waals surface area (Å²) in [6.45, 7) is 1.92. The predicted octanol–water partition coefficient (Wildman–Crippen LogP) is -1.49. The van der Waals surface area contributed by atoms with E-state index in [1.165, 1.54) is 18.0 Å². The van der Waals surface area contributed by atoms with E-state index in [1.54, 1.807) is 4.68 Å². The standard InChI is InChI=1S/C15H14N4O3.Na.H/c20-15(21)10-4-16-19(5-10)7-12-6-18-3-1-2-13(14(18)17-12)11-8-22-9-11;;/h1-6,11H,7-9H2,(H,20,21);;/q;+1;-1. The summed E-state index contributed by atoms with van der Waals surface area (Å²) in [5.74, 6) is -0.573. The first-order valence-electron chi connectivity index (χ1n) is 7.01. The third-order valence-corrected chi connectivity index (χ3v) is 3.84. The second kappa shape index (κ2) is 6.45. The Balaban J connectivity index is 0.00000104. The van der Waals surface area contributed by atoms with Crippen molar-refractivity contribution in [1.29, 1.82) is 0 Å². The van der Waals surface area contributed by atoms with Crippen LogP contribution in [0.5, 0.6) is 0 Å². The number of ether oxygens (including phenoxy) is 1. The number of carboxylic acids is 1. The van der Waals surface area contributed by atoms with E-state index in [0.29, 0.717) is 12.5 Å². The number of aromatic nitrogens is 4. The number of hydrogen-bond donors (Lipinski definition) is 1. The number of pyridine rings is 1. The minimum atomic E-state index is -0.978. The van der Waals surface area contributed by atoms with E-state index in [4.69, 9.17) is 9.84 Å². The molecule has 0 aliphatic carbocycles. The fourth-order valence-corrected chi connectivity index (χ4v) is 2.62. The fraction of sp³-hybridized carbons (Fsp3) is 0.267. The van der Waals surface area contributed by atoms with E-state index in [-0.39, 0.29) is 36.5 Å². The summed E-state index contributed by atoms with van der Waals surface area (Å²) in [6.07, 6.45) is 6.75. The molecule has 0 aromatic carbocycles. The Bertz CT molecular complexity index is 859. The van der Waals surface area contributed by atoms with Crippen LogP contribution in [-0.2, 0) is 11.3 Å². The largest absolute Gasteiger partial charge is 1.00 e. The van der Waals surface area contributed by atoms with E-state index >= 15 is 0 Å². The van der Waals surface area contributed by atoms with Crippen LogP contribution in [0.3, 0.4) is 0 Å². The molecule has 8 heteroatoms. The van der Waals surface area contributed by atoms with Crippen molar-refractivity contribution < 1.29 is 45.6 Å². The number of carboxylic acid groups (broad SMARTS) is 1. The van der Waals surface area contributed by atoms with Gasteiger partial charge in [0.15, 0.2) is 0 Å². The van der Waals surface area contributed by atoms with Crippen molar-refractivity contribution in [2.45, 2.75) is 12.5 Å². The molecule has 1 aliphatic rings. The molecule has 1 saturated heterocycles. The topological polar surface area (TPSA) is 81.7 Å². The second-order valence-electron chi connectivity index (χ2n) is 5.39. The van der Waals surface area contributed by atoms with E-state index in [2.05, 4.69) is 16.1 Å². The van der Waals surface area contributed by atoms with Crippen LogP contribution < -0.4 is 29.6 Å². The van der Waals surface area contributed by atoms with E-state index < -0.39 is 5.97 Å². The van der Waals surface area contributed by atoms with Gasteiger partial charge in [0.25, 0.3) is 0 Å². The molecule has 7 nitrogen and oxygen atoms in total. The summed E-state index contributed by atoms with van der Waals surface area (Å²) in [5.41, 5.74) is 3.13. The Kier molecular flexibility index (Phi) is 4.54. The number of hydrogen-bond acceptors (Lipinski definition) is 4. The number of fused-ring (bicyclic) bond motifs is 1. The number of nitrogens with zero attached hydrogens (tertiary/aromatic N) is 4. The first-order chi connectivity index (χ1) is 10.7. The Hall–Kier alpha value is -1.67. The maximum Gasteiger partial charge on any atom is 1.00 e. The monoisotopic (exact) mass is 322 g/mol. The van der Waals surface area contributed by atoms with E-state index in [9.17, 15) is 4.79 Å². The molecular weight excluding hydrogens is 307 g/mol. The zero-order valence-corrected chi connectivity index (χ0v) is 14.7. The minimum absolute atomic E-state index is 0. The summed E-state index contributed by atoms with van der Waals surface area (Å²) in [6, 6.07) is 4.08. The van der Waals surface area contributed by atoms with Crippen molar-refractivity contribution in [3.63, 3.8) is 0 Å². The van der Waals surface area contributed by atoms with Gasteiger partial charge in [-0.1, -0.05) is 6.07 Å². The van der Waals surface area contributed by atoms with Crippen LogP contribution in [0.4, 0.5) is 0 Å². The third kappa shape index (κ3) is 3.05. The first-order valence-corrected chi connectivity index (χ1v) is 7.01. The zero-order valence-electron chi connectivity index (χ0n) is 13.7. The van der Waals surface area contributed by atoms with Gasteiger partial charge in [0, 0.05) is 30.1 Å². The van der Waals surface area contributed by atoms with Gasteiger partial charge >= 0.3 is 35.5 Å². The molecule has 114 valence electrons. The Labute approximate surface area is 155 Å². The number of aromatic carboxylic acids is 1. The van der Waals surface area contributed by atoms with Gasteiger partial charge in [-0.2, -0.15) is 5.10 Å². The molecule has 0 unspecified atom stereocenters. The molecule has 1 aliphatic heterocycles. The number of imidazole rings is 1. The SMILES string of the molecule is O=C(O)c1cnn(Cc2cn3cccc(C4COC4)c3n2)c1.[H-].[Na+]. The molecule has 4 heterocycles. The fourth-order valence-electron chi connectivity index (χ4n) is 2.62. The summed E-state index contributed by atoms with van der Waals surface area (Å²) in [7, 11) is 0. The molecule has 0 amide bonds. The maximum atomic E-state index is 10.9. The van der Waals surface area contributed by atoms with Crippen molar-refractivity contribution in [1.82, 2.24) is 19.2 Å². The number of carbonyl (C=O) groups is 1. The van der Waals surface area contributed by atoms with Crippen molar-refractivity contribution >= 4 is 11.6 Å². The van der Waals surface area contributed by atoms with Crippen molar-refractivity contribution in [3.8, 4) is 0 Å². The Morgan fingerprint density at radius 3 is 2.91 bits per heavy atom. The van der Waals surface area contributed by atoms with Crippen LogP contribution >= 0.6 is 0 Å². The zero-order chi connectivity index (χ0) is 15.1. The molecule has 0 saturated carbocycles. The second-order valence-corrected chi connectivity index (χ2v) is 5.39. The van der Waals surface area contributed by atoms with Gasteiger partial charge in [-0.15, -0.1) is 0 Å². The van der Waals surface area contributed by atoms with Crippen LogP contribution in [0.2, 0.25) is 0 Å². The normalized spacial score (nSPS) is 14.4. The molecule has 0 atom stereocenters. The predicted molar refractivity (Wildman–Crippen MR) is 78.2 cm³/mol. The van der Waals surface area contributed by atoms with Gasteiger partial charge in [0.2, 0.25) is 0 Å². The van der Waals surface area contributed by atoms with Crippen LogP contribution in [0.15, 0.2) is 36.9 Å². The van der Waals surface area contributed by atoms with E-state index in [0.717, 1.165) is 24.6 Å². The minimum Gasteiger partial charge on any atom is -1.00 e. The van der Waals surface area contributed by atoms with Gasteiger partial charge < -0.3 is 15.7 Å². The summed E-state index contributed by atoms with van der Waals surface area (Å²) >= 11 is 0. The molecular formula is C15H15N4NaO3. The van der Waals surface area contributed by atoms with Gasteiger partial charge in [0.1, 0.15) is 5.65 Å². The van der Waals surface area contributed by atoms with Crippen molar-refractivity contribution in [2.75, 3.05) is 13.2 Å². The molecule has 3 aromatic heterocycles. The molecule has 4 rings (SSSR count). The summed E-state index contributed by atoms with van der Waals surface area (Å²) < 4.78 is 8.83. The Morgan fingerprint density at radius 1 is 1.43 bits per heavy atom. The van der Waals surface area contributed by atoms with Gasteiger partial charge in [-0.05, 0) is 6.07 Å². The summed E-state index contributed by atoms with van der Waals surface area (Å²) in [4.78, 5) is 15.5. The molecule has 0 bridgehead atoms. The third-order valence-electron chi connectivity index (χ3n) is 3.84. The molecule has 0 spiro atoms. The smallest absolute Gasteiger partial charge is 1.00 e. The van der Waals surface area contributed by atoms with Crippen molar-refractivity contribution in [2.24, 2.45) is 0 Å². The van der Waals surface area contributed by atoms with Crippen LogP contribution in [-0.4, -0.2) is 43.5 Å². The maximum absolute atomic E-state index is 10.9. The van der Waals surface area contributed by atoms with Crippen LogP contribution in [0, 0.1) is 0 Å². The van der Waals surface area contributed by atoms with Gasteiger partial charge in [0.05, 0.1) is 37.2 Å². The average molecular weight is 322 g/mol. The first kappa shape index (κ1) is 16.2. The quantitative estimate of drug-likeness (QED) is 0.592. The summed E-state index contributed by atoms with van der Waals surface area (Å²) in [5, 5.41) is 13.0. The van der Waals surface area contributed by atoms with Crippen LogP contribution in [0.25, 0.3) is 5.65 Å². The van der Waals surface area contributed by atoms with Gasteiger partial charge in [-0.25, -0.2) is 9.78 Å². The van der Waals surface area contributed by atoms with Crippen LogP contribution in [0.1, 0.15) is 29.0 Å². The Morgan fingerprint density at radius 2 is 2.26 bits per heavy atom.